The highest BCUT2D eigenvalue weighted by molar-refractivity contribution is 7.09. The number of nitrogens with zero attached hydrogens (tertiary/aromatic N) is 1. The quantitative estimate of drug-likeness (QED) is 0.686. The van der Waals surface area contributed by atoms with Gasteiger partial charge in [-0.05, 0) is 32.6 Å². The highest BCUT2D eigenvalue weighted by Crippen LogP contribution is 2.29. The lowest BCUT2D eigenvalue weighted by Gasteiger charge is -2.32. The van der Waals surface area contributed by atoms with E-state index in [9.17, 15) is 5.11 Å². The lowest BCUT2D eigenvalue weighted by atomic mass is 9.80. The Hall–Kier alpha value is -0.490. The molecule has 0 bridgehead atoms. The fraction of sp³-hybridized carbons (Fsp3) is 0.800. The molecule has 4 nitrogen and oxygen atoms in total. The van der Waals surface area contributed by atoms with E-state index in [1.165, 1.54) is 24.1 Å². The molecular formula is C15H26N2O2S. The van der Waals surface area contributed by atoms with Gasteiger partial charge in [-0.15, -0.1) is 11.3 Å². The van der Waals surface area contributed by atoms with Crippen LogP contribution < -0.4 is 5.32 Å². The first kappa shape index (κ1) is 15.9. The number of aliphatic hydroxyl groups is 1. The Morgan fingerprint density at radius 1 is 1.55 bits per heavy atom. The van der Waals surface area contributed by atoms with Crippen molar-refractivity contribution in [3.63, 3.8) is 0 Å². The molecule has 0 radical (unpaired) electrons. The minimum Gasteiger partial charge on any atom is -0.389 e. The summed E-state index contributed by atoms with van der Waals surface area (Å²) < 4.78 is 5.55. The van der Waals surface area contributed by atoms with E-state index in [-0.39, 0.29) is 0 Å². The largest absolute Gasteiger partial charge is 0.389 e. The number of thiazole rings is 1. The van der Waals surface area contributed by atoms with Crippen LogP contribution in [0.4, 0.5) is 0 Å². The summed E-state index contributed by atoms with van der Waals surface area (Å²) in [7, 11) is 0. The zero-order chi connectivity index (χ0) is 14.4. The first-order chi connectivity index (χ1) is 9.66. The standard InChI is InChI=1S/C15H26N2O2S/c1-11(13-4-3-5-13)16-8-14(18)9-19-7-6-15-12(2)17-10-20-15/h10-11,13-14,16,18H,3-9H2,1-2H3. The van der Waals surface area contributed by atoms with Crippen LogP contribution in [-0.2, 0) is 11.2 Å². The molecule has 2 unspecified atom stereocenters. The van der Waals surface area contributed by atoms with Crippen LogP contribution in [0.5, 0.6) is 0 Å². The third-order valence-corrected chi connectivity index (χ3v) is 5.16. The van der Waals surface area contributed by atoms with E-state index in [0.717, 1.165) is 18.0 Å². The van der Waals surface area contributed by atoms with Crippen molar-refractivity contribution in [1.29, 1.82) is 0 Å². The molecule has 1 aromatic heterocycles. The predicted octanol–water partition coefficient (Wildman–Crippen LogP) is 2.15. The third-order valence-electron chi connectivity index (χ3n) is 4.16. The fourth-order valence-corrected chi connectivity index (χ4v) is 3.20. The summed E-state index contributed by atoms with van der Waals surface area (Å²) in [6, 6.07) is 0.512. The first-order valence-corrected chi connectivity index (χ1v) is 8.43. The zero-order valence-corrected chi connectivity index (χ0v) is 13.3. The normalized spacial score (nSPS) is 18.8. The van der Waals surface area contributed by atoms with Gasteiger partial charge < -0.3 is 15.2 Å². The minimum absolute atomic E-state index is 0.405. The van der Waals surface area contributed by atoms with Crippen LogP contribution in [0.15, 0.2) is 5.51 Å². The summed E-state index contributed by atoms with van der Waals surface area (Å²) in [5.41, 5.74) is 2.96. The van der Waals surface area contributed by atoms with E-state index in [4.69, 9.17) is 4.74 Å². The van der Waals surface area contributed by atoms with Crippen molar-refractivity contribution in [3.05, 3.63) is 16.1 Å². The van der Waals surface area contributed by atoms with Crippen molar-refractivity contribution in [2.45, 2.75) is 51.7 Å². The van der Waals surface area contributed by atoms with Crippen molar-refractivity contribution in [3.8, 4) is 0 Å². The lowest BCUT2D eigenvalue weighted by Crippen LogP contribution is -2.42. The topological polar surface area (TPSA) is 54.4 Å². The molecule has 20 heavy (non-hydrogen) atoms. The molecule has 5 heteroatoms. The molecule has 1 heterocycles. The second-order valence-electron chi connectivity index (χ2n) is 5.73. The Bertz CT molecular complexity index is 393. The number of rotatable bonds is 9. The summed E-state index contributed by atoms with van der Waals surface area (Å²) in [5.74, 6) is 0.803. The van der Waals surface area contributed by atoms with Crippen LogP contribution in [0, 0.1) is 12.8 Å². The lowest BCUT2D eigenvalue weighted by molar-refractivity contribution is 0.0353. The number of hydrogen-bond acceptors (Lipinski definition) is 5. The monoisotopic (exact) mass is 298 g/mol. The Labute approximate surface area is 125 Å². The fourth-order valence-electron chi connectivity index (χ4n) is 2.44. The molecule has 0 aliphatic heterocycles. The molecule has 2 atom stereocenters. The van der Waals surface area contributed by atoms with E-state index >= 15 is 0 Å². The maximum Gasteiger partial charge on any atom is 0.0897 e. The summed E-state index contributed by atoms with van der Waals surface area (Å²) in [6.45, 7) is 5.91. The second-order valence-corrected chi connectivity index (χ2v) is 6.67. The van der Waals surface area contributed by atoms with Crippen molar-refractivity contribution in [2.75, 3.05) is 19.8 Å². The number of aromatic nitrogens is 1. The Balaban J connectivity index is 1.51. The Morgan fingerprint density at radius 3 is 2.95 bits per heavy atom. The molecule has 2 rings (SSSR count). The molecular weight excluding hydrogens is 272 g/mol. The van der Waals surface area contributed by atoms with E-state index in [0.29, 0.717) is 25.8 Å². The van der Waals surface area contributed by atoms with E-state index in [2.05, 4.69) is 17.2 Å². The van der Waals surface area contributed by atoms with Crippen molar-refractivity contribution in [1.82, 2.24) is 10.3 Å². The van der Waals surface area contributed by atoms with Crippen molar-refractivity contribution < 1.29 is 9.84 Å². The summed E-state index contributed by atoms with van der Waals surface area (Å²) in [4.78, 5) is 5.49. The number of hydrogen-bond donors (Lipinski definition) is 2. The molecule has 0 saturated heterocycles. The van der Waals surface area contributed by atoms with Crippen molar-refractivity contribution >= 4 is 11.3 Å². The van der Waals surface area contributed by atoms with Gasteiger partial charge in [-0.3, -0.25) is 0 Å². The van der Waals surface area contributed by atoms with Gasteiger partial charge in [-0.25, -0.2) is 4.98 Å². The Morgan fingerprint density at radius 2 is 2.35 bits per heavy atom. The summed E-state index contributed by atoms with van der Waals surface area (Å²) in [5, 5.41) is 13.3. The molecule has 0 aromatic carbocycles. The molecule has 1 saturated carbocycles. The summed E-state index contributed by atoms with van der Waals surface area (Å²) >= 11 is 1.67. The highest BCUT2D eigenvalue weighted by atomic mass is 32.1. The van der Waals surface area contributed by atoms with Crippen LogP contribution in [0.25, 0.3) is 0 Å². The van der Waals surface area contributed by atoms with Gasteiger partial charge >= 0.3 is 0 Å². The maximum atomic E-state index is 9.89. The molecule has 114 valence electrons. The number of aliphatic hydroxyl groups excluding tert-OH is 1. The van der Waals surface area contributed by atoms with Crippen molar-refractivity contribution in [2.24, 2.45) is 5.92 Å². The number of aryl methyl sites for hydroxylation is 1. The number of nitrogens with one attached hydrogen (secondary N) is 1. The van der Waals surface area contributed by atoms with Gasteiger partial charge in [-0.2, -0.15) is 0 Å². The molecule has 1 aliphatic rings. The SMILES string of the molecule is Cc1ncsc1CCOCC(O)CNC(C)C1CCC1. The van der Waals surface area contributed by atoms with Crippen LogP contribution in [0.3, 0.4) is 0 Å². The maximum absolute atomic E-state index is 9.89. The highest BCUT2D eigenvalue weighted by Gasteiger charge is 2.23. The second kappa shape index (κ2) is 8.08. The van der Waals surface area contributed by atoms with E-state index < -0.39 is 6.10 Å². The van der Waals surface area contributed by atoms with Gasteiger partial charge in [-0.1, -0.05) is 6.42 Å². The predicted molar refractivity (Wildman–Crippen MR) is 82.2 cm³/mol. The van der Waals surface area contributed by atoms with Gasteiger partial charge in [0.2, 0.25) is 0 Å². The van der Waals surface area contributed by atoms with Gasteiger partial charge in [0.05, 0.1) is 30.5 Å². The van der Waals surface area contributed by atoms with Crippen LogP contribution in [0.2, 0.25) is 0 Å². The van der Waals surface area contributed by atoms with Gasteiger partial charge in [0, 0.05) is 23.9 Å². The zero-order valence-electron chi connectivity index (χ0n) is 12.5. The molecule has 1 aliphatic carbocycles. The smallest absolute Gasteiger partial charge is 0.0897 e. The Kier molecular flexibility index (Phi) is 6.42. The molecule has 1 fully saturated rings. The first-order valence-electron chi connectivity index (χ1n) is 7.55. The van der Waals surface area contributed by atoms with Gasteiger partial charge in [0.1, 0.15) is 0 Å². The number of ether oxygens (including phenoxy) is 1. The van der Waals surface area contributed by atoms with Gasteiger partial charge in [0.15, 0.2) is 0 Å². The summed E-state index contributed by atoms with van der Waals surface area (Å²) in [6.07, 6.45) is 4.48. The average Bonchev–Trinajstić information content (AvgIpc) is 2.76. The van der Waals surface area contributed by atoms with Crippen LogP contribution >= 0.6 is 11.3 Å². The molecule has 0 spiro atoms. The van der Waals surface area contributed by atoms with E-state index in [1.54, 1.807) is 11.3 Å². The average molecular weight is 298 g/mol. The van der Waals surface area contributed by atoms with Crippen LogP contribution in [-0.4, -0.2) is 42.0 Å². The van der Waals surface area contributed by atoms with E-state index in [1.807, 2.05) is 12.4 Å². The minimum atomic E-state index is -0.417. The molecule has 0 amide bonds. The van der Waals surface area contributed by atoms with Crippen LogP contribution in [0.1, 0.15) is 36.8 Å². The molecule has 1 aromatic rings. The molecule has 2 N–H and O–H groups in total. The third kappa shape index (κ3) is 4.81. The van der Waals surface area contributed by atoms with Gasteiger partial charge in [0.25, 0.3) is 0 Å².